The molecule has 0 aliphatic rings. The molecule has 9 nitrogen and oxygen atoms in total. The zero-order valence-corrected chi connectivity index (χ0v) is 9.59. The molecule has 6 N–H and O–H groups in total. The van der Waals surface area contributed by atoms with Crippen LogP contribution in [-0.2, 0) is 0 Å². The lowest BCUT2D eigenvalue weighted by Crippen LogP contribution is -2.24. The lowest BCUT2D eigenvalue weighted by atomic mass is 10.3. The first-order chi connectivity index (χ1) is 8.62. The summed E-state index contributed by atoms with van der Waals surface area (Å²) in [5.74, 6) is -1.42. The van der Waals surface area contributed by atoms with Crippen LogP contribution in [-0.4, -0.2) is 57.9 Å². The monoisotopic (exact) mass is 254 g/mol. The molecule has 18 heavy (non-hydrogen) atoms. The Morgan fingerprint density at radius 2 is 1.56 bits per heavy atom. The molecule has 0 atom stereocenters. The topological polar surface area (TPSA) is 157 Å². The van der Waals surface area contributed by atoms with E-state index in [0.29, 0.717) is 0 Å². The van der Waals surface area contributed by atoms with Crippen molar-refractivity contribution in [2.75, 3.05) is 31.6 Å². The molecule has 1 aromatic rings. The lowest BCUT2D eigenvalue weighted by molar-refractivity contribution is 0.0985. The van der Waals surface area contributed by atoms with Crippen LogP contribution in [0.15, 0.2) is 0 Å². The fraction of sp³-hybridized carbons (Fsp3) is 0.444. The number of hydrogen-bond donors (Lipinski definition) is 4. The van der Waals surface area contributed by atoms with E-state index in [1.165, 1.54) is 0 Å². The van der Waals surface area contributed by atoms with Gasteiger partial charge in [0.15, 0.2) is 0 Å². The van der Waals surface area contributed by atoms with E-state index in [9.17, 15) is 9.59 Å². The van der Waals surface area contributed by atoms with Crippen molar-refractivity contribution in [3.63, 3.8) is 0 Å². The van der Waals surface area contributed by atoms with Crippen molar-refractivity contribution in [1.29, 1.82) is 0 Å². The summed E-state index contributed by atoms with van der Waals surface area (Å²) in [6.45, 7) is -0.526. The van der Waals surface area contributed by atoms with E-state index < -0.39 is 11.6 Å². The highest BCUT2D eigenvalue weighted by Crippen LogP contribution is 2.02. The van der Waals surface area contributed by atoms with Gasteiger partial charge in [-0.25, -0.2) is 4.98 Å². The molecule has 0 saturated carbocycles. The predicted octanol–water partition coefficient (Wildman–Crippen LogP) is -2.44. The maximum Gasteiger partial charge on any atom is 0.227 e. The molecule has 0 saturated heterocycles. The van der Waals surface area contributed by atoms with E-state index in [4.69, 9.17) is 16.6 Å². The molecule has 0 radical (unpaired) electrons. The van der Waals surface area contributed by atoms with Crippen LogP contribution in [0.25, 0.3) is 0 Å². The normalized spacial score (nSPS) is 10.2. The minimum atomic E-state index is -0.518. The number of aromatic nitrogens is 3. The number of nitrogens with two attached hydrogens (primary N) is 2. The van der Waals surface area contributed by atoms with Crippen molar-refractivity contribution in [2.24, 2.45) is 11.5 Å². The van der Waals surface area contributed by atoms with Gasteiger partial charge in [0.25, 0.3) is 0 Å². The molecule has 1 aromatic heterocycles. The van der Waals surface area contributed by atoms with Gasteiger partial charge in [0, 0.05) is 6.54 Å². The Morgan fingerprint density at radius 3 is 1.94 bits per heavy atom. The number of carbonyl (C=O) groups is 2. The second-order valence-electron chi connectivity index (χ2n) is 3.21. The maximum atomic E-state index is 11.4. The second kappa shape index (κ2) is 6.69. The fourth-order valence-electron chi connectivity index (χ4n) is 1.05. The van der Waals surface area contributed by atoms with Gasteiger partial charge in [-0.2, -0.15) is 9.97 Å². The minimum Gasteiger partial charge on any atom is -0.395 e. The number of nitrogens with zero attached hydrogens (tertiary/aromatic N) is 3. The molecule has 0 aliphatic carbocycles. The van der Waals surface area contributed by atoms with E-state index in [0.717, 1.165) is 0 Å². The maximum absolute atomic E-state index is 11.4. The summed E-state index contributed by atoms with van der Waals surface area (Å²) < 4.78 is 0. The molecule has 9 heteroatoms. The molecule has 98 valence electrons. The standard InChI is InChI=1S/C9H14N6O3/c10-3-5(17)7-13-8(6(18)4-11)15-9(14-7)12-1-2-16/h16H,1-4,10-11H2,(H,12,13,14,15). The molecule has 0 unspecified atom stereocenters. The summed E-state index contributed by atoms with van der Waals surface area (Å²) in [5.41, 5.74) is 10.4. The van der Waals surface area contributed by atoms with Crippen molar-refractivity contribution in [2.45, 2.75) is 0 Å². The molecular weight excluding hydrogens is 240 g/mol. The predicted molar refractivity (Wildman–Crippen MR) is 62.2 cm³/mol. The Bertz CT molecular complexity index is 416. The van der Waals surface area contributed by atoms with Crippen molar-refractivity contribution >= 4 is 17.5 Å². The van der Waals surface area contributed by atoms with Gasteiger partial charge in [-0.05, 0) is 0 Å². The second-order valence-corrected chi connectivity index (χ2v) is 3.21. The number of aliphatic hydroxyl groups excluding tert-OH is 1. The Labute approximate surface area is 103 Å². The number of hydrogen-bond acceptors (Lipinski definition) is 9. The van der Waals surface area contributed by atoms with Crippen LogP contribution in [0.1, 0.15) is 21.2 Å². The van der Waals surface area contributed by atoms with Crippen LogP contribution in [0.4, 0.5) is 5.95 Å². The third-order valence-electron chi connectivity index (χ3n) is 1.90. The SMILES string of the molecule is NCC(=O)c1nc(NCCO)nc(C(=O)CN)n1. The highest BCUT2D eigenvalue weighted by atomic mass is 16.3. The average Bonchev–Trinajstić information content (AvgIpc) is 2.42. The Balaban J connectivity index is 3.11. The molecule has 0 aliphatic heterocycles. The molecule has 0 bridgehead atoms. The molecular formula is C9H14N6O3. The summed E-state index contributed by atoms with van der Waals surface area (Å²) >= 11 is 0. The summed E-state index contributed by atoms with van der Waals surface area (Å²) in [6.07, 6.45) is 0. The first-order valence-electron chi connectivity index (χ1n) is 5.19. The van der Waals surface area contributed by atoms with Gasteiger partial charge in [-0.1, -0.05) is 0 Å². The first kappa shape index (κ1) is 14.1. The van der Waals surface area contributed by atoms with E-state index in [2.05, 4.69) is 20.3 Å². The molecule has 1 rings (SSSR count). The van der Waals surface area contributed by atoms with Crippen molar-refractivity contribution < 1.29 is 14.7 Å². The van der Waals surface area contributed by atoms with Crippen LogP contribution in [0.2, 0.25) is 0 Å². The Kier molecular flexibility index (Phi) is 5.24. The average molecular weight is 254 g/mol. The van der Waals surface area contributed by atoms with Crippen molar-refractivity contribution in [1.82, 2.24) is 15.0 Å². The van der Waals surface area contributed by atoms with Crippen LogP contribution >= 0.6 is 0 Å². The Morgan fingerprint density at radius 1 is 1.06 bits per heavy atom. The van der Waals surface area contributed by atoms with Gasteiger partial charge in [0.2, 0.25) is 29.2 Å². The van der Waals surface area contributed by atoms with Gasteiger partial charge in [0.05, 0.1) is 19.7 Å². The zero-order chi connectivity index (χ0) is 13.5. The largest absolute Gasteiger partial charge is 0.395 e. The number of ketones is 2. The van der Waals surface area contributed by atoms with E-state index in [1.807, 2.05) is 0 Å². The number of rotatable bonds is 7. The van der Waals surface area contributed by atoms with Crippen LogP contribution in [0.5, 0.6) is 0 Å². The Hall–Kier alpha value is -1.97. The number of nitrogens with one attached hydrogen (secondary N) is 1. The molecule has 0 fully saturated rings. The van der Waals surface area contributed by atoms with Gasteiger partial charge in [-0.3, -0.25) is 9.59 Å². The molecule has 1 heterocycles. The van der Waals surface area contributed by atoms with Gasteiger partial charge < -0.3 is 21.9 Å². The lowest BCUT2D eigenvalue weighted by Gasteiger charge is -2.06. The smallest absolute Gasteiger partial charge is 0.227 e. The fourth-order valence-corrected chi connectivity index (χ4v) is 1.05. The highest BCUT2D eigenvalue weighted by Gasteiger charge is 2.15. The van der Waals surface area contributed by atoms with E-state index in [1.54, 1.807) is 0 Å². The molecule has 0 spiro atoms. The first-order valence-corrected chi connectivity index (χ1v) is 5.19. The number of Topliss-reactive ketones (excluding diaryl/α,β-unsaturated/α-hetero) is 2. The third-order valence-corrected chi connectivity index (χ3v) is 1.90. The highest BCUT2D eigenvalue weighted by molar-refractivity contribution is 5.97. The van der Waals surface area contributed by atoms with Gasteiger partial charge >= 0.3 is 0 Å². The van der Waals surface area contributed by atoms with Crippen molar-refractivity contribution in [3.05, 3.63) is 11.6 Å². The minimum absolute atomic E-state index is 0.0210. The number of anilines is 1. The van der Waals surface area contributed by atoms with Gasteiger partial charge in [0.1, 0.15) is 0 Å². The number of carbonyl (C=O) groups excluding carboxylic acids is 2. The van der Waals surface area contributed by atoms with E-state index >= 15 is 0 Å². The summed E-state index contributed by atoms with van der Waals surface area (Å²) in [7, 11) is 0. The van der Waals surface area contributed by atoms with Crippen molar-refractivity contribution in [3.8, 4) is 0 Å². The van der Waals surface area contributed by atoms with Crippen LogP contribution in [0.3, 0.4) is 0 Å². The zero-order valence-electron chi connectivity index (χ0n) is 9.59. The molecule has 0 amide bonds. The third kappa shape index (κ3) is 3.52. The summed E-state index contributed by atoms with van der Waals surface area (Å²) in [6, 6.07) is 0. The summed E-state index contributed by atoms with van der Waals surface area (Å²) in [4.78, 5) is 34.1. The summed E-state index contributed by atoms with van der Waals surface area (Å²) in [5, 5.41) is 11.3. The van der Waals surface area contributed by atoms with E-state index in [-0.39, 0.29) is 43.8 Å². The van der Waals surface area contributed by atoms with Crippen LogP contribution in [0, 0.1) is 0 Å². The van der Waals surface area contributed by atoms with Crippen LogP contribution < -0.4 is 16.8 Å². The van der Waals surface area contributed by atoms with Gasteiger partial charge in [-0.15, -0.1) is 0 Å². The quantitative estimate of drug-likeness (QED) is 0.388. The molecule has 0 aromatic carbocycles. The number of aliphatic hydroxyl groups is 1.